The fourth-order valence-corrected chi connectivity index (χ4v) is 6.82. The van der Waals surface area contributed by atoms with Gasteiger partial charge in [0.25, 0.3) is 0 Å². The highest BCUT2D eigenvalue weighted by Gasteiger charge is 2.35. The van der Waals surface area contributed by atoms with Crippen molar-refractivity contribution in [3.63, 3.8) is 0 Å². The summed E-state index contributed by atoms with van der Waals surface area (Å²) in [6.07, 6.45) is 4.05. The molecule has 4 rings (SSSR count). The molecule has 0 aliphatic carbocycles. The lowest BCUT2D eigenvalue weighted by Gasteiger charge is -2.31. The van der Waals surface area contributed by atoms with E-state index in [-0.39, 0.29) is 21.3 Å². The van der Waals surface area contributed by atoms with Crippen LogP contribution in [0.3, 0.4) is 0 Å². The quantitative estimate of drug-likeness (QED) is 0.120. The average Bonchev–Trinajstić information content (AvgIpc) is 2.95. The van der Waals surface area contributed by atoms with Crippen LogP contribution in [-0.2, 0) is 38.5 Å². The van der Waals surface area contributed by atoms with E-state index in [1.54, 1.807) is 60.7 Å². The monoisotopic (exact) mass is 616 g/mol. The van der Waals surface area contributed by atoms with Gasteiger partial charge >= 0.3 is 20.2 Å². The number of allylic oxidation sites excluding steroid dienone is 2. The van der Waals surface area contributed by atoms with Gasteiger partial charge < -0.3 is 8.37 Å². The molecule has 0 bridgehead atoms. The lowest BCUT2D eigenvalue weighted by atomic mass is 9.75. The molecule has 4 aromatic rings. The van der Waals surface area contributed by atoms with Gasteiger partial charge in [0.05, 0.1) is 0 Å². The van der Waals surface area contributed by atoms with Crippen molar-refractivity contribution in [1.82, 2.24) is 0 Å². The third kappa shape index (κ3) is 6.92. The van der Waals surface area contributed by atoms with Crippen LogP contribution in [0.1, 0.15) is 47.2 Å². The SMILES string of the molecule is C=CCc1cccc(C(C)(C)c2cccc(CC=C)c2OS(=O)(=O)c2ccc(C)cc2)c1OS(=O)(=O)c1ccc(C)cc1. The van der Waals surface area contributed by atoms with Gasteiger partial charge in [-0.2, -0.15) is 16.8 Å². The summed E-state index contributed by atoms with van der Waals surface area (Å²) in [7, 11) is -8.41. The molecule has 0 saturated heterocycles. The summed E-state index contributed by atoms with van der Waals surface area (Å²) in [5, 5.41) is 0. The minimum absolute atomic E-state index is 0.0245. The summed E-state index contributed by atoms with van der Waals surface area (Å²) in [5.74, 6) is 0.323. The van der Waals surface area contributed by atoms with Crippen molar-refractivity contribution in [3.05, 3.63) is 144 Å². The van der Waals surface area contributed by atoms with Gasteiger partial charge in [0.1, 0.15) is 9.79 Å². The Kier molecular flexibility index (Phi) is 9.32. The predicted octanol–water partition coefficient (Wildman–Crippen LogP) is 7.62. The molecule has 0 fully saturated rings. The second kappa shape index (κ2) is 12.6. The Morgan fingerprint density at radius 2 is 0.953 bits per heavy atom. The van der Waals surface area contributed by atoms with Gasteiger partial charge in [0.15, 0.2) is 11.5 Å². The summed E-state index contributed by atoms with van der Waals surface area (Å²) in [4.78, 5) is 0.0490. The maximum atomic E-state index is 13.5. The number of rotatable bonds is 12. The first-order valence-corrected chi connectivity index (χ1v) is 16.6. The second-order valence-corrected chi connectivity index (χ2v) is 14.0. The van der Waals surface area contributed by atoms with Gasteiger partial charge in [0.2, 0.25) is 0 Å². The minimum Gasteiger partial charge on any atom is -0.378 e. The van der Waals surface area contributed by atoms with Crippen LogP contribution in [0.25, 0.3) is 0 Å². The van der Waals surface area contributed by atoms with Gasteiger partial charge in [-0.15, -0.1) is 13.2 Å². The number of para-hydroxylation sites is 2. The summed E-state index contributed by atoms with van der Waals surface area (Å²) < 4.78 is 65.8. The molecule has 0 radical (unpaired) electrons. The van der Waals surface area contributed by atoms with Crippen LogP contribution in [0, 0.1) is 13.8 Å². The zero-order valence-electron chi connectivity index (χ0n) is 24.8. The molecule has 224 valence electrons. The highest BCUT2D eigenvalue weighted by molar-refractivity contribution is 7.87. The van der Waals surface area contributed by atoms with Gasteiger partial charge in [-0.3, -0.25) is 0 Å². The van der Waals surface area contributed by atoms with Gasteiger partial charge in [0, 0.05) is 16.5 Å². The van der Waals surface area contributed by atoms with E-state index in [0.29, 0.717) is 35.1 Å². The fraction of sp³-hybridized carbons (Fsp3) is 0.200. The highest BCUT2D eigenvalue weighted by atomic mass is 32.2. The third-order valence-electron chi connectivity index (χ3n) is 7.27. The first-order valence-electron chi connectivity index (χ1n) is 13.8. The van der Waals surface area contributed by atoms with E-state index >= 15 is 0 Å². The van der Waals surface area contributed by atoms with Crippen LogP contribution in [0.15, 0.2) is 120 Å². The van der Waals surface area contributed by atoms with Crippen LogP contribution in [0.2, 0.25) is 0 Å². The van der Waals surface area contributed by atoms with Crippen LogP contribution >= 0.6 is 0 Å². The third-order valence-corrected chi connectivity index (χ3v) is 9.74. The molecular weight excluding hydrogens is 581 g/mol. The molecule has 43 heavy (non-hydrogen) atoms. The molecule has 0 amide bonds. The zero-order chi connectivity index (χ0) is 31.4. The van der Waals surface area contributed by atoms with Gasteiger partial charge in [-0.1, -0.05) is 97.8 Å². The van der Waals surface area contributed by atoms with Crippen molar-refractivity contribution < 1.29 is 25.2 Å². The molecule has 0 aliphatic rings. The Morgan fingerprint density at radius 1 is 0.605 bits per heavy atom. The van der Waals surface area contributed by atoms with Crippen LogP contribution in [0.5, 0.6) is 11.5 Å². The van der Waals surface area contributed by atoms with Crippen molar-refractivity contribution in [2.24, 2.45) is 0 Å². The first kappa shape index (κ1) is 31.8. The lowest BCUT2D eigenvalue weighted by Crippen LogP contribution is -2.24. The van der Waals surface area contributed by atoms with E-state index in [1.807, 2.05) is 39.8 Å². The molecule has 0 N–H and O–H groups in total. The topological polar surface area (TPSA) is 86.7 Å². The number of benzene rings is 4. The van der Waals surface area contributed by atoms with E-state index in [1.165, 1.54) is 24.3 Å². The maximum absolute atomic E-state index is 13.5. The number of hydrogen-bond acceptors (Lipinski definition) is 6. The molecule has 0 unspecified atom stereocenters. The van der Waals surface area contributed by atoms with Crippen LogP contribution in [0.4, 0.5) is 0 Å². The highest BCUT2D eigenvalue weighted by Crippen LogP contribution is 2.45. The molecule has 8 heteroatoms. The van der Waals surface area contributed by atoms with Gasteiger partial charge in [-0.25, -0.2) is 0 Å². The molecule has 0 saturated carbocycles. The Balaban J connectivity index is 1.90. The molecule has 4 aromatic carbocycles. The van der Waals surface area contributed by atoms with Crippen LogP contribution < -0.4 is 8.37 Å². The normalized spacial score (nSPS) is 12.0. The van der Waals surface area contributed by atoms with E-state index in [4.69, 9.17) is 8.37 Å². The lowest BCUT2D eigenvalue weighted by molar-refractivity contribution is 0.462. The zero-order valence-corrected chi connectivity index (χ0v) is 26.5. The Bertz CT molecular complexity index is 1720. The van der Waals surface area contributed by atoms with E-state index in [9.17, 15) is 16.8 Å². The second-order valence-electron chi connectivity index (χ2n) is 10.9. The number of aryl methyl sites for hydroxylation is 2. The molecule has 0 aromatic heterocycles. The largest absolute Gasteiger partial charge is 0.378 e. The Morgan fingerprint density at radius 3 is 1.28 bits per heavy atom. The molecule has 0 aliphatic heterocycles. The van der Waals surface area contributed by atoms with E-state index in [0.717, 1.165) is 11.1 Å². The molecule has 0 heterocycles. The molecular formula is C35H36O6S2. The molecule has 0 spiro atoms. The smallest absolute Gasteiger partial charge is 0.339 e. The predicted molar refractivity (Wildman–Crippen MR) is 171 cm³/mol. The van der Waals surface area contributed by atoms with Gasteiger partial charge in [-0.05, 0) is 62.1 Å². The Labute approximate surface area is 255 Å². The maximum Gasteiger partial charge on any atom is 0.339 e. The number of hydrogen-bond donors (Lipinski definition) is 0. The first-order chi connectivity index (χ1) is 20.3. The van der Waals surface area contributed by atoms with E-state index in [2.05, 4.69) is 13.2 Å². The average molecular weight is 617 g/mol. The van der Waals surface area contributed by atoms with Crippen LogP contribution in [-0.4, -0.2) is 16.8 Å². The van der Waals surface area contributed by atoms with Crippen molar-refractivity contribution in [3.8, 4) is 11.5 Å². The molecule has 0 atom stereocenters. The summed E-state index contributed by atoms with van der Waals surface area (Å²) >= 11 is 0. The van der Waals surface area contributed by atoms with Crippen molar-refractivity contribution >= 4 is 20.2 Å². The van der Waals surface area contributed by atoms with Crippen molar-refractivity contribution in [2.45, 2.75) is 55.7 Å². The molecule has 6 nitrogen and oxygen atoms in total. The van der Waals surface area contributed by atoms with Crippen molar-refractivity contribution in [2.75, 3.05) is 0 Å². The minimum atomic E-state index is -4.21. The summed E-state index contributed by atoms with van der Waals surface area (Å²) in [6.45, 7) is 15.2. The summed E-state index contributed by atoms with van der Waals surface area (Å²) in [5.41, 5.74) is 3.17. The summed E-state index contributed by atoms with van der Waals surface area (Å²) in [6, 6.07) is 23.6. The standard InChI is InChI=1S/C35H36O6S2/c1-7-11-27-13-9-15-31(33(27)40-42(36,37)29-21-17-25(3)18-22-29)35(5,6)32-16-10-14-28(12-8-2)34(32)41-43(38,39)30-23-19-26(4)20-24-30/h7-10,13-24H,1-2,11-12H2,3-6H3. The van der Waals surface area contributed by atoms with E-state index < -0.39 is 25.7 Å². The van der Waals surface area contributed by atoms with Crippen molar-refractivity contribution in [1.29, 1.82) is 0 Å². The Hall–Kier alpha value is -4.14. The fourth-order valence-electron chi connectivity index (χ4n) is 4.85.